The number of fused-ring (bicyclic) bond motifs is 1. The summed E-state index contributed by atoms with van der Waals surface area (Å²) in [4.78, 5) is 16.6. The van der Waals surface area contributed by atoms with Gasteiger partial charge in [0.15, 0.2) is 0 Å². The van der Waals surface area contributed by atoms with Crippen molar-refractivity contribution in [3.63, 3.8) is 0 Å². The highest BCUT2D eigenvalue weighted by molar-refractivity contribution is 5.86. The smallest absolute Gasteiger partial charge is 0.225 e. The van der Waals surface area contributed by atoms with E-state index in [9.17, 15) is 5.26 Å². The van der Waals surface area contributed by atoms with E-state index < -0.39 is 0 Å². The third kappa shape index (κ3) is 3.53. The fourth-order valence-electron chi connectivity index (χ4n) is 3.55. The lowest BCUT2D eigenvalue weighted by atomic mass is 10.1. The molecule has 1 aliphatic rings. The maximum Gasteiger partial charge on any atom is 0.225 e. The van der Waals surface area contributed by atoms with Gasteiger partial charge in [0.05, 0.1) is 5.56 Å². The number of aromatic nitrogens is 3. The predicted molar refractivity (Wildman–Crippen MR) is 102 cm³/mol. The average Bonchev–Trinajstić information content (AvgIpc) is 3.11. The maximum absolute atomic E-state index is 9.18. The molecule has 0 spiro atoms. The zero-order chi connectivity index (χ0) is 17.8. The van der Waals surface area contributed by atoms with E-state index in [1.54, 1.807) is 18.6 Å². The summed E-state index contributed by atoms with van der Waals surface area (Å²) >= 11 is 0. The second-order valence-corrected chi connectivity index (χ2v) is 6.68. The summed E-state index contributed by atoms with van der Waals surface area (Å²) in [6, 6.07) is 10.5. The monoisotopic (exact) mass is 346 g/mol. The molecular formula is C20H22N6. The number of nitriles is 1. The quantitative estimate of drug-likeness (QED) is 0.769. The minimum atomic E-state index is 0.723. The van der Waals surface area contributed by atoms with Gasteiger partial charge >= 0.3 is 0 Å². The molecule has 6 nitrogen and oxygen atoms in total. The van der Waals surface area contributed by atoms with Gasteiger partial charge in [-0.3, -0.25) is 4.90 Å². The minimum absolute atomic E-state index is 0.723. The number of nitrogens with one attached hydrogen (secondary N) is 1. The summed E-state index contributed by atoms with van der Waals surface area (Å²) < 4.78 is 0. The van der Waals surface area contributed by atoms with Gasteiger partial charge in [0.25, 0.3) is 0 Å². The van der Waals surface area contributed by atoms with Crippen molar-refractivity contribution in [2.24, 2.45) is 0 Å². The summed E-state index contributed by atoms with van der Waals surface area (Å²) in [5.41, 5.74) is 3.05. The Bertz CT molecular complexity index is 903. The fraction of sp³-hybridized carbons (Fsp3) is 0.350. The van der Waals surface area contributed by atoms with E-state index in [2.05, 4.69) is 49.0 Å². The van der Waals surface area contributed by atoms with E-state index in [4.69, 9.17) is 0 Å². The first-order valence-electron chi connectivity index (χ1n) is 9.08. The van der Waals surface area contributed by atoms with Gasteiger partial charge in [-0.15, -0.1) is 0 Å². The molecule has 0 saturated carbocycles. The Morgan fingerprint density at radius 2 is 1.92 bits per heavy atom. The Balaban J connectivity index is 1.27. The molecule has 3 aromatic rings. The number of hydrogen-bond acceptors (Lipinski definition) is 5. The molecule has 3 heterocycles. The highest BCUT2D eigenvalue weighted by Crippen LogP contribution is 2.20. The Morgan fingerprint density at radius 3 is 2.69 bits per heavy atom. The van der Waals surface area contributed by atoms with Crippen LogP contribution in [-0.2, 0) is 6.42 Å². The summed E-state index contributed by atoms with van der Waals surface area (Å²) in [6.07, 6.45) is 7.54. The van der Waals surface area contributed by atoms with Crippen LogP contribution in [0.2, 0.25) is 0 Å². The van der Waals surface area contributed by atoms with Gasteiger partial charge in [-0.05, 0) is 43.1 Å². The minimum Gasteiger partial charge on any atom is -0.360 e. The molecule has 1 aromatic carbocycles. The van der Waals surface area contributed by atoms with Crippen LogP contribution >= 0.6 is 0 Å². The van der Waals surface area contributed by atoms with E-state index in [1.165, 1.54) is 5.56 Å². The van der Waals surface area contributed by atoms with Crippen LogP contribution in [0.5, 0.6) is 0 Å². The molecule has 4 rings (SSSR count). The van der Waals surface area contributed by atoms with E-state index in [1.807, 2.05) is 6.07 Å². The summed E-state index contributed by atoms with van der Waals surface area (Å²) in [7, 11) is 0. The van der Waals surface area contributed by atoms with E-state index in [-0.39, 0.29) is 0 Å². The highest BCUT2D eigenvalue weighted by atomic mass is 15.3. The number of aromatic amines is 1. The zero-order valence-electron chi connectivity index (χ0n) is 14.7. The van der Waals surface area contributed by atoms with Crippen LogP contribution < -0.4 is 4.90 Å². The van der Waals surface area contributed by atoms with Crippen molar-refractivity contribution in [2.75, 3.05) is 37.6 Å². The van der Waals surface area contributed by atoms with Crippen LogP contribution in [0.1, 0.15) is 17.5 Å². The number of hydrogen-bond donors (Lipinski definition) is 1. The SMILES string of the molecule is N#Cc1c[nH]c2ccc(CCCN3CCN(c4ncccn4)CC3)cc12. The van der Waals surface area contributed by atoms with Crippen molar-refractivity contribution in [1.29, 1.82) is 5.26 Å². The van der Waals surface area contributed by atoms with Crippen LogP contribution in [0.25, 0.3) is 10.9 Å². The molecule has 1 saturated heterocycles. The second kappa shape index (κ2) is 7.54. The molecule has 1 fully saturated rings. The van der Waals surface area contributed by atoms with Crippen molar-refractivity contribution < 1.29 is 0 Å². The molecular weight excluding hydrogens is 324 g/mol. The molecule has 2 aromatic heterocycles. The second-order valence-electron chi connectivity index (χ2n) is 6.68. The van der Waals surface area contributed by atoms with Crippen LogP contribution in [0.4, 0.5) is 5.95 Å². The van der Waals surface area contributed by atoms with Crippen LogP contribution in [0.3, 0.4) is 0 Å². The first kappa shape index (κ1) is 16.6. The summed E-state index contributed by atoms with van der Waals surface area (Å²) in [5.74, 6) is 0.834. The molecule has 0 radical (unpaired) electrons. The van der Waals surface area contributed by atoms with Gasteiger partial charge in [0, 0.05) is 55.7 Å². The number of nitrogens with zero attached hydrogens (tertiary/aromatic N) is 5. The number of anilines is 1. The van der Waals surface area contributed by atoms with Gasteiger partial charge < -0.3 is 9.88 Å². The topological polar surface area (TPSA) is 71.8 Å². The van der Waals surface area contributed by atoms with Gasteiger partial charge in [-0.1, -0.05) is 6.07 Å². The maximum atomic E-state index is 9.18. The number of aryl methyl sites for hydroxylation is 1. The van der Waals surface area contributed by atoms with Crippen LogP contribution in [0.15, 0.2) is 42.9 Å². The largest absolute Gasteiger partial charge is 0.360 e. The zero-order valence-corrected chi connectivity index (χ0v) is 14.7. The number of benzene rings is 1. The van der Waals surface area contributed by atoms with Crippen molar-refractivity contribution >= 4 is 16.9 Å². The normalized spacial score (nSPS) is 15.3. The molecule has 0 atom stereocenters. The van der Waals surface area contributed by atoms with Gasteiger partial charge in [-0.2, -0.15) is 5.26 Å². The molecule has 0 bridgehead atoms. The lowest BCUT2D eigenvalue weighted by Crippen LogP contribution is -2.47. The van der Waals surface area contributed by atoms with E-state index >= 15 is 0 Å². The van der Waals surface area contributed by atoms with Crippen LogP contribution in [-0.4, -0.2) is 52.6 Å². The third-order valence-corrected chi connectivity index (χ3v) is 5.01. The van der Waals surface area contributed by atoms with Gasteiger partial charge in [-0.25, -0.2) is 9.97 Å². The summed E-state index contributed by atoms with van der Waals surface area (Å²) in [6.45, 7) is 5.15. The number of rotatable bonds is 5. The Labute approximate surface area is 153 Å². The average molecular weight is 346 g/mol. The Kier molecular flexibility index (Phi) is 4.80. The van der Waals surface area contributed by atoms with E-state index in [0.717, 1.165) is 68.0 Å². The molecule has 0 unspecified atom stereocenters. The van der Waals surface area contributed by atoms with Crippen molar-refractivity contribution in [1.82, 2.24) is 19.9 Å². The van der Waals surface area contributed by atoms with Crippen molar-refractivity contribution in [2.45, 2.75) is 12.8 Å². The number of H-pyrrole nitrogens is 1. The first-order chi connectivity index (χ1) is 12.8. The van der Waals surface area contributed by atoms with Gasteiger partial charge in [0.1, 0.15) is 6.07 Å². The third-order valence-electron chi connectivity index (χ3n) is 5.01. The van der Waals surface area contributed by atoms with Crippen LogP contribution in [0, 0.1) is 11.3 Å². The molecule has 1 aliphatic heterocycles. The summed E-state index contributed by atoms with van der Waals surface area (Å²) in [5, 5.41) is 10.2. The van der Waals surface area contributed by atoms with Crippen molar-refractivity contribution in [3.8, 4) is 6.07 Å². The number of piperazine rings is 1. The van der Waals surface area contributed by atoms with Crippen molar-refractivity contribution in [3.05, 3.63) is 54.0 Å². The lowest BCUT2D eigenvalue weighted by Gasteiger charge is -2.34. The molecule has 26 heavy (non-hydrogen) atoms. The molecule has 132 valence electrons. The van der Waals surface area contributed by atoms with E-state index in [0.29, 0.717) is 0 Å². The fourth-order valence-corrected chi connectivity index (χ4v) is 3.55. The molecule has 6 heteroatoms. The first-order valence-corrected chi connectivity index (χ1v) is 9.08. The lowest BCUT2D eigenvalue weighted by molar-refractivity contribution is 0.254. The molecule has 1 N–H and O–H groups in total. The Morgan fingerprint density at radius 1 is 1.12 bits per heavy atom. The Hall–Kier alpha value is -2.91. The molecule has 0 amide bonds. The highest BCUT2D eigenvalue weighted by Gasteiger charge is 2.18. The standard InChI is InChI=1S/C20H22N6/c21-14-17-15-24-19-5-4-16(13-18(17)19)3-1-8-25-9-11-26(12-10-25)20-22-6-2-7-23-20/h2,4-7,13,15,24H,1,3,8-12H2. The predicted octanol–water partition coefficient (Wildman–Crippen LogP) is 2.58. The molecule has 0 aliphatic carbocycles. The van der Waals surface area contributed by atoms with Gasteiger partial charge in [0.2, 0.25) is 5.95 Å².